The molecule has 0 aliphatic carbocycles. The third-order valence-corrected chi connectivity index (χ3v) is 5.71. The monoisotopic (exact) mass is 553 g/mol. The van der Waals surface area contributed by atoms with Gasteiger partial charge in [-0.15, -0.1) is 0 Å². The minimum Gasteiger partial charge on any atom is -0.495 e. The predicted octanol–water partition coefficient (Wildman–Crippen LogP) is 5.22. The number of carbonyl (C=O) groups is 2. The summed E-state index contributed by atoms with van der Waals surface area (Å²) in [6.07, 6.45) is 1.48. The van der Waals surface area contributed by atoms with Crippen molar-refractivity contribution in [1.29, 1.82) is 0 Å². The zero-order chi connectivity index (χ0) is 25.9. The maximum atomic E-state index is 12.2. The third-order valence-electron chi connectivity index (χ3n) is 5.12. The molecule has 9 heteroatoms. The number of anilines is 1. The average molecular weight is 554 g/mol. The molecule has 0 aliphatic heterocycles. The topological polar surface area (TPSA) is 98.2 Å². The summed E-state index contributed by atoms with van der Waals surface area (Å²) >= 11 is 3.52. The molecule has 3 rings (SSSR count). The Kier molecular flexibility index (Phi) is 9.88. The Morgan fingerprint density at radius 2 is 1.64 bits per heavy atom. The van der Waals surface area contributed by atoms with Gasteiger partial charge in [-0.1, -0.05) is 42.0 Å². The number of para-hydroxylation sites is 2. The molecule has 188 valence electrons. The minimum atomic E-state index is -0.384. The fourth-order valence-corrected chi connectivity index (χ4v) is 3.79. The van der Waals surface area contributed by atoms with Gasteiger partial charge < -0.3 is 19.5 Å². The number of amides is 2. The highest BCUT2D eigenvalue weighted by atomic mass is 79.9. The highest BCUT2D eigenvalue weighted by molar-refractivity contribution is 9.10. The number of halogens is 1. The van der Waals surface area contributed by atoms with Gasteiger partial charge in [-0.3, -0.25) is 9.59 Å². The second-order valence-corrected chi connectivity index (χ2v) is 8.70. The smallest absolute Gasteiger partial charge is 0.240 e. The highest BCUT2D eigenvalue weighted by Crippen LogP contribution is 2.36. The summed E-state index contributed by atoms with van der Waals surface area (Å²) in [7, 11) is 3.08. The van der Waals surface area contributed by atoms with Gasteiger partial charge in [0, 0.05) is 12.8 Å². The number of ether oxygens (including phenoxy) is 3. The molecule has 3 aromatic rings. The van der Waals surface area contributed by atoms with Gasteiger partial charge in [0.25, 0.3) is 0 Å². The van der Waals surface area contributed by atoms with Gasteiger partial charge in [-0.05, 0) is 58.2 Å². The highest BCUT2D eigenvalue weighted by Gasteiger charge is 2.12. The van der Waals surface area contributed by atoms with E-state index in [2.05, 4.69) is 31.8 Å². The first-order valence-electron chi connectivity index (χ1n) is 11.2. The van der Waals surface area contributed by atoms with Crippen LogP contribution < -0.4 is 25.0 Å². The number of hydrogen-bond donors (Lipinski definition) is 2. The molecule has 0 unspecified atom stereocenters. The lowest BCUT2D eigenvalue weighted by Gasteiger charge is -2.13. The maximum Gasteiger partial charge on any atom is 0.240 e. The Labute approximate surface area is 218 Å². The summed E-state index contributed by atoms with van der Waals surface area (Å²) in [5.74, 6) is 0.963. The number of benzene rings is 3. The van der Waals surface area contributed by atoms with Crippen LogP contribution in [0.5, 0.6) is 17.2 Å². The van der Waals surface area contributed by atoms with Gasteiger partial charge in [-0.25, -0.2) is 5.43 Å². The Morgan fingerprint density at radius 1 is 0.944 bits per heavy atom. The molecule has 0 saturated heterocycles. The first kappa shape index (κ1) is 26.7. The molecule has 0 bridgehead atoms. The van der Waals surface area contributed by atoms with Crippen molar-refractivity contribution in [3.05, 3.63) is 81.8 Å². The molecule has 0 spiro atoms. The average Bonchev–Trinajstić information content (AvgIpc) is 2.88. The summed E-state index contributed by atoms with van der Waals surface area (Å²) in [6.45, 7) is 2.43. The third kappa shape index (κ3) is 7.84. The largest absolute Gasteiger partial charge is 0.495 e. The van der Waals surface area contributed by atoms with Crippen molar-refractivity contribution in [2.45, 2.75) is 26.4 Å². The molecule has 0 aliphatic rings. The molecular weight excluding hydrogens is 526 g/mol. The van der Waals surface area contributed by atoms with E-state index in [-0.39, 0.29) is 24.7 Å². The zero-order valence-corrected chi connectivity index (χ0v) is 21.9. The van der Waals surface area contributed by atoms with Gasteiger partial charge in [0.05, 0.1) is 30.6 Å². The number of nitrogens with one attached hydrogen (secondary N) is 2. The number of hydrogen-bond acceptors (Lipinski definition) is 6. The quantitative estimate of drug-likeness (QED) is 0.250. The number of carbonyl (C=O) groups excluding carboxylic acids is 2. The van der Waals surface area contributed by atoms with Crippen LogP contribution >= 0.6 is 15.9 Å². The van der Waals surface area contributed by atoms with Crippen LogP contribution in [0.2, 0.25) is 0 Å². The van der Waals surface area contributed by atoms with E-state index in [0.717, 1.165) is 5.56 Å². The summed E-state index contributed by atoms with van der Waals surface area (Å²) in [4.78, 5) is 24.3. The molecule has 0 fully saturated rings. The summed E-state index contributed by atoms with van der Waals surface area (Å²) < 4.78 is 17.3. The second kappa shape index (κ2) is 13.3. The molecule has 0 saturated carbocycles. The van der Waals surface area contributed by atoms with Gasteiger partial charge in [0.15, 0.2) is 11.5 Å². The van der Waals surface area contributed by atoms with Crippen molar-refractivity contribution in [2.75, 3.05) is 19.5 Å². The van der Waals surface area contributed by atoms with Gasteiger partial charge in [-0.2, -0.15) is 5.10 Å². The van der Waals surface area contributed by atoms with E-state index in [1.807, 2.05) is 37.3 Å². The fourth-order valence-electron chi connectivity index (χ4n) is 3.22. The van der Waals surface area contributed by atoms with Gasteiger partial charge in [0.1, 0.15) is 12.4 Å². The van der Waals surface area contributed by atoms with E-state index in [9.17, 15) is 9.59 Å². The molecule has 36 heavy (non-hydrogen) atoms. The zero-order valence-electron chi connectivity index (χ0n) is 20.3. The number of aryl methyl sites for hydroxylation is 1. The predicted molar refractivity (Wildman–Crippen MR) is 143 cm³/mol. The molecule has 3 aromatic carbocycles. The SMILES string of the molecule is COc1ccccc1NC(=O)CCC(=O)NN=Cc1cc(Br)c(OCc2ccc(C)cc2)c(OC)c1. The summed E-state index contributed by atoms with van der Waals surface area (Å²) in [5.41, 5.74) is 5.90. The van der Waals surface area contributed by atoms with Crippen LogP contribution in [0.3, 0.4) is 0 Å². The Morgan fingerprint density at radius 3 is 2.36 bits per heavy atom. The number of hydrazone groups is 1. The number of nitrogens with zero attached hydrogens (tertiary/aromatic N) is 1. The van der Waals surface area contributed by atoms with Gasteiger partial charge >= 0.3 is 0 Å². The van der Waals surface area contributed by atoms with Crippen molar-refractivity contribution >= 4 is 39.6 Å². The van der Waals surface area contributed by atoms with E-state index in [1.54, 1.807) is 37.4 Å². The van der Waals surface area contributed by atoms with Gasteiger partial charge in [0.2, 0.25) is 11.8 Å². The van der Waals surface area contributed by atoms with Crippen molar-refractivity contribution in [1.82, 2.24) is 5.43 Å². The van der Waals surface area contributed by atoms with Crippen LogP contribution in [-0.4, -0.2) is 32.2 Å². The summed E-state index contributed by atoms with van der Waals surface area (Å²) in [6, 6.07) is 18.7. The van der Waals surface area contributed by atoms with Crippen LogP contribution in [0.4, 0.5) is 5.69 Å². The molecule has 0 aromatic heterocycles. The Balaban J connectivity index is 1.51. The molecule has 8 nitrogen and oxygen atoms in total. The van der Waals surface area contributed by atoms with Crippen LogP contribution in [0, 0.1) is 6.92 Å². The first-order valence-corrected chi connectivity index (χ1v) is 12.0. The van der Waals surface area contributed by atoms with E-state index in [4.69, 9.17) is 14.2 Å². The van der Waals surface area contributed by atoms with E-state index < -0.39 is 0 Å². The van der Waals surface area contributed by atoms with Crippen molar-refractivity contribution in [2.24, 2.45) is 5.10 Å². The fraction of sp³-hybridized carbons (Fsp3) is 0.222. The van der Waals surface area contributed by atoms with E-state index >= 15 is 0 Å². The van der Waals surface area contributed by atoms with Crippen LogP contribution in [0.25, 0.3) is 0 Å². The maximum absolute atomic E-state index is 12.2. The lowest BCUT2D eigenvalue weighted by Crippen LogP contribution is -2.20. The van der Waals surface area contributed by atoms with Crippen molar-refractivity contribution in [3.8, 4) is 17.2 Å². The van der Waals surface area contributed by atoms with Crippen molar-refractivity contribution in [3.63, 3.8) is 0 Å². The van der Waals surface area contributed by atoms with E-state index in [0.29, 0.717) is 39.6 Å². The molecule has 0 radical (unpaired) electrons. The van der Waals surface area contributed by atoms with Crippen LogP contribution in [0.1, 0.15) is 29.5 Å². The molecule has 2 amide bonds. The molecule has 0 atom stereocenters. The molecular formula is C27H28BrN3O5. The van der Waals surface area contributed by atoms with Crippen LogP contribution in [0.15, 0.2) is 70.2 Å². The lowest BCUT2D eigenvalue weighted by molar-refractivity contribution is -0.124. The second-order valence-electron chi connectivity index (χ2n) is 7.85. The standard InChI is InChI=1S/C27H28BrN3O5/c1-18-8-10-19(11-9-18)17-36-27-21(28)14-20(15-24(27)35-3)16-29-31-26(33)13-12-25(32)30-22-6-4-5-7-23(22)34-2/h4-11,14-16H,12-13,17H2,1-3H3,(H,30,32)(H,31,33). The molecule has 2 N–H and O–H groups in total. The normalized spacial score (nSPS) is 10.7. The van der Waals surface area contributed by atoms with Crippen molar-refractivity contribution < 1.29 is 23.8 Å². The number of methoxy groups -OCH3 is 2. The lowest BCUT2D eigenvalue weighted by atomic mass is 10.2. The number of rotatable bonds is 11. The minimum absolute atomic E-state index is 0.00575. The summed E-state index contributed by atoms with van der Waals surface area (Å²) in [5, 5.41) is 6.72. The first-order chi connectivity index (χ1) is 17.4. The van der Waals surface area contributed by atoms with Crippen LogP contribution in [-0.2, 0) is 16.2 Å². The Bertz CT molecular complexity index is 1230. The molecule has 0 heterocycles. The Hall–Kier alpha value is -3.85. The van der Waals surface area contributed by atoms with E-state index in [1.165, 1.54) is 18.9 Å².